The molecule has 8 heteroatoms. The molecule has 3 aromatic rings. The summed E-state index contributed by atoms with van der Waals surface area (Å²) in [5, 5.41) is 7.33. The average Bonchev–Trinajstić information content (AvgIpc) is 3.25. The topological polar surface area (TPSA) is 75.4 Å². The summed E-state index contributed by atoms with van der Waals surface area (Å²) in [4.78, 5) is 30.1. The van der Waals surface area contributed by atoms with Crippen molar-refractivity contribution >= 4 is 11.6 Å². The number of piperazine rings is 1. The van der Waals surface area contributed by atoms with Gasteiger partial charge in [0.25, 0.3) is 0 Å². The Balaban J connectivity index is 1.44. The van der Waals surface area contributed by atoms with E-state index >= 15 is 0 Å². The Bertz CT molecular complexity index is 1130. The Morgan fingerprint density at radius 1 is 0.971 bits per heavy atom. The van der Waals surface area contributed by atoms with Crippen LogP contribution in [0.2, 0.25) is 0 Å². The van der Waals surface area contributed by atoms with Crippen molar-refractivity contribution in [1.82, 2.24) is 24.6 Å². The van der Waals surface area contributed by atoms with E-state index in [2.05, 4.69) is 27.1 Å². The molecule has 1 unspecified atom stereocenters. The fourth-order valence-electron chi connectivity index (χ4n) is 4.40. The zero-order chi connectivity index (χ0) is 24.1. The van der Waals surface area contributed by atoms with Crippen LogP contribution >= 0.6 is 0 Å². The van der Waals surface area contributed by atoms with Gasteiger partial charge in [0.15, 0.2) is 0 Å². The fraction of sp³-hybridized carbons (Fsp3) is 0.423. The summed E-state index contributed by atoms with van der Waals surface area (Å²) in [6, 6.07) is 17.8. The van der Waals surface area contributed by atoms with Gasteiger partial charge < -0.3 is 10.2 Å². The molecule has 180 valence electrons. The predicted molar refractivity (Wildman–Crippen MR) is 134 cm³/mol. The molecule has 1 fully saturated rings. The number of hydrogen-bond acceptors (Lipinski definition) is 5. The van der Waals surface area contributed by atoms with Crippen LogP contribution in [0.5, 0.6) is 0 Å². The van der Waals surface area contributed by atoms with Crippen LogP contribution < -0.4 is 15.9 Å². The van der Waals surface area contributed by atoms with E-state index in [9.17, 15) is 9.59 Å². The van der Waals surface area contributed by atoms with E-state index in [1.54, 1.807) is 10.9 Å². The second-order valence-electron chi connectivity index (χ2n) is 8.97. The van der Waals surface area contributed by atoms with Crippen LogP contribution in [0.15, 0.2) is 65.7 Å². The van der Waals surface area contributed by atoms with Crippen LogP contribution in [0.3, 0.4) is 0 Å². The molecule has 0 aliphatic carbocycles. The molecule has 34 heavy (non-hydrogen) atoms. The Labute approximate surface area is 200 Å². The van der Waals surface area contributed by atoms with E-state index in [-0.39, 0.29) is 23.7 Å². The summed E-state index contributed by atoms with van der Waals surface area (Å²) in [6.07, 6.45) is 2.50. The predicted octanol–water partition coefficient (Wildman–Crippen LogP) is 3.00. The lowest BCUT2D eigenvalue weighted by atomic mass is 10.0. The summed E-state index contributed by atoms with van der Waals surface area (Å²) < 4.78 is 3.05. The molecular formula is C26H34N6O2. The molecule has 2 heterocycles. The van der Waals surface area contributed by atoms with Gasteiger partial charge in [0, 0.05) is 44.5 Å². The molecule has 1 aliphatic rings. The molecule has 1 aromatic heterocycles. The summed E-state index contributed by atoms with van der Waals surface area (Å²) in [5.41, 5.74) is 2.75. The van der Waals surface area contributed by atoms with Gasteiger partial charge in [-0.15, -0.1) is 0 Å². The van der Waals surface area contributed by atoms with Gasteiger partial charge in [0.05, 0.1) is 5.69 Å². The summed E-state index contributed by atoms with van der Waals surface area (Å²) in [7, 11) is 0. The van der Waals surface area contributed by atoms with Crippen molar-refractivity contribution in [3.63, 3.8) is 0 Å². The van der Waals surface area contributed by atoms with Crippen molar-refractivity contribution in [2.75, 3.05) is 37.6 Å². The van der Waals surface area contributed by atoms with E-state index in [4.69, 9.17) is 0 Å². The smallest absolute Gasteiger partial charge is 0.350 e. The van der Waals surface area contributed by atoms with Crippen LogP contribution in [0.25, 0.3) is 5.69 Å². The number of amides is 1. The zero-order valence-corrected chi connectivity index (χ0v) is 20.2. The third-order valence-corrected chi connectivity index (χ3v) is 6.30. The number of carbonyl (C=O) groups is 1. The highest BCUT2D eigenvalue weighted by molar-refractivity contribution is 5.83. The Kier molecular flexibility index (Phi) is 7.47. The SMILES string of the molecule is CCCNC(=O)C(c1ccccc1)N1CCN(c2ccc(-n3ncn(C(C)C)c3=O)cc2)CC1. The summed E-state index contributed by atoms with van der Waals surface area (Å²) in [5.74, 6) is 0.0668. The number of carbonyl (C=O) groups excluding carboxylic acids is 1. The van der Waals surface area contributed by atoms with Gasteiger partial charge in [0.1, 0.15) is 12.4 Å². The average molecular weight is 463 g/mol. The standard InChI is InChI=1S/C26H34N6O2/c1-4-14-27-25(33)24(21-8-6-5-7-9-21)30-17-15-29(16-18-30)22-10-12-23(13-11-22)32-26(34)31(19-28-32)20(2)3/h5-13,19-20,24H,4,14-18H2,1-3H3,(H,27,33). The molecule has 1 aliphatic heterocycles. The first-order valence-electron chi connectivity index (χ1n) is 12.1. The second-order valence-corrected chi connectivity index (χ2v) is 8.97. The molecule has 1 amide bonds. The number of nitrogens with one attached hydrogen (secondary N) is 1. The quantitative estimate of drug-likeness (QED) is 0.557. The molecule has 8 nitrogen and oxygen atoms in total. The molecule has 2 aromatic carbocycles. The minimum Gasteiger partial charge on any atom is -0.369 e. The van der Waals surface area contributed by atoms with Gasteiger partial charge in [-0.2, -0.15) is 9.78 Å². The van der Waals surface area contributed by atoms with Crippen LogP contribution in [0.4, 0.5) is 5.69 Å². The first kappa shape index (κ1) is 23.8. The Morgan fingerprint density at radius 3 is 2.21 bits per heavy atom. The molecule has 1 saturated heterocycles. The van der Waals surface area contributed by atoms with Gasteiger partial charge in [-0.1, -0.05) is 37.3 Å². The maximum Gasteiger partial charge on any atom is 0.350 e. The highest BCUT2D eigenvalue weighted by atomic mass is 16.2. The Morgan fingerprint density at radius 2 is 1.62 bits per heavy atom. The minimum absolute atomic E-state index is 0.0668. The number of rotatable bonds is 8. The lowest BCUT2D eigenvalue weighted by Crippen LogP contribution is -2.51. The summed E-state index contributed by atoms with van der Waals surface area (Å²) in [6.45, 7) is 9.91. The van der Waals surface area contributed by atoms with Crippen LogP contribution in [0, 0.1) is 0 Å². The van der Waals surface area contributed by atoms with Crippen LogP contribution in [-0.2, 0) is 4.79 Å². The van der Waals surface area contributed by atoms with Gasteiger partial charge in [0.2, 0.25) is 5.91 Å². The fourth-order valence-corrected chi connectivity index (χ4v) is 4.40. The van der Waals surface area contributed by atoms with E-state index < -0.39 is 0 Å². The highest BCUT2D eigenvalue weighted by Crippen LogP contribution is 2.25. The second kappa shape index (κ2) is 10.7. The first-order chi connectivity index (χ1) is 16.5. The largest absolute Gasteiger partial charge is 0.369 e. The van der Waals surface area contributed by atoms with Crippen molar-refractivity contribution in [2.24, 2.45) is 0 Å². The number of hydrogen-bond donors (Lipinski definition) is 1. The Hall–Kier alpha value is -3.39. The highest BCUT2D eigenvalue weighted by Gasteiger charge is 2.30. The molecular weight excluding hydrogens is 428 g/mol. The number of aromatic nitrogens is 3. The normalized spacial score (nSPS) is 15.5. The zero-order valence-electron chi connectivity index (χ0n) is 20.2. The molecule has 1 atom stereocenters. The van der Waals surface area contributed by atoms with Crippen LogP contribution in [-0.4, -0.2) is 57.9 Å². The van der Waals surface area contributed by atoms with E-state index in [0.717, 1.165) is 49.5 Å². The van der Waals surface area contributed by atoms with E-state index in [0.29, 0.717) is 6.54 Å². The van der Waals surface area contributed by atoms with Gasteiger partial charge in [-0.3, -0.25) is 14.3 Å². The van der Waals surface area contributed by atoms with E-state index in [1.807, 2.05) is 68.4 Å². The monoisotopic (exact) mass is 462 g/mol. The maximum atomic E-state index is 13.0. The van der Waals surface area contributed by atoms with Crippen molar-refractivity contribution in [2.45, 2.75) is 39.3 Å². The van der Waals surface area contributed by atoms with Gasteiger partial charge in [-0.05, 0) is 50.1 Å². The third kappa shape index (κ3) is 5.07. The minimum atomic E-state index is -0.278. The lowest BCUT2D eigenvalue weighted by molar-refractivity contribution is -0.126. The van der Waals surface area contributed by atoms with Crippen LogP contribution in [0.1, 0.15) is 44.8 Å². The van der Waals surface area contributed by atoms with Crippen molar-refractivity contribution in [3.8, 4) is 5.69 Å². The third-order valence-electron chi connectivity index (χ3n) is 6.30. The molecule has 0 bridgehead atoms. The van der Waals surface area contributed by atoms with Gasteiger partial charge in [-0.25, -0.2) is 4.79 Å². The molecule has 1 N–H and O–H groups in total. The molecule has 0 spiro atoms. The van der Waals surface area contributed by atoms with Crippen molar-refractivity contribution in [3.05, 3.63) is 77.0 Å². The number of benzene rings is 2. The maximum absolute atomic E-state index is 13.0. The van der Waals surface area contributed by atoms with Crippen molar-refractivity contribution in [1.29, 1.82) is 0 Å². The summed E-state index contributed by atoms with van der Waals surface area (Å²) >= 11 is 0. The van der Waals surface area contributed by atoms with Crippen molar-refractivity contribution < 1.29 is 4.79 Å². The molecule has 0 saturated carbocycles. The number of nitrogens with zero attached hydrogens (tertiary/aromatic N) is 5. The molecule has 0 radical (unpaired) electrons. The molecule has 4 rings (SSSR count). The lowest BCUT2D eigenvalue weighted by Gasteiger charge is -2.39. The first-order valence-corrected chi connectivity index (χ1v) is 12.1. The van der Waals surface area contributed by atoms with Gasteiger partial charge >= 0.3 is 5.69 Å². The van der Waals surface area contributed by atoms with E-state index in [1.165, 1.54) is 4.68 Å². The number of anilines is 1.